The number of ether oxygens (including phenoxy) is 1. The molecule has 3 rings (SSSR count). The van der Waals surface area contributed by atoms with E-state index in [2.05, 4.69) is 16.5 Å². The van der Waals surface area contributed by atoms with Crippen molar-refractivity contribution < 1.29 is 9.84 Å². The van der Waals surface area contributed by atoms with Gasteiger partial charge in [0.05, 0.1) is 13.2 Å². The molecule has 5 nitrogen and oxygen atoms in total. The normalized spacial score (nSPS) is 22.3. The third-order valence-electron chi connectivity index (χ3n) is 5.03. The highest BCUT2D eigenvalue weighted by Gasteiger charge is 2.25. The van der Waals surface area contributed by atoms with Crippen molar-refractivity contribution in [1.29, 1.82) is 0 Å². The molecule has 24 heavy (non-hydrogen) atoms. The summed E-state index contributed by atoms with van der Waals surface area (Å²) in [6.07, 6.45) is 6.05. The van der Waals surface area contributed by atoms with E-state index in [1.807, 2.05) is 42.2 Å². The van der Waals surface area contributed by atoms with Gasteiger partial charge in [-0.1, -0.05) is 18.6 Å². The number of aliphatic hydroxyl groups excluding tert-OH is 1. The summed E-state index contributed by atoms with van der Waals surface area (Å²) < 4.78 is 7.21. The minimum absolute atomic E-state index is 0.443. The molecule has 1 aromatic carbocycles. The highest BCUT2D eigenvalue weighted by molar-refractivity contribution is 5.29. The van der Waals surface area contributed by atoms with Crippen molar-refractivity contribution in [2.75, 3.05) is 13.7 Å². The third kappa shape index (κ3) is 3.97. The summed E-state index contributed by atoms with van der Waals surface area (Å²) in [5.41, 5.74) is 2.20. The molecular formula is C19H27N3O2. The number of rotatable bonds is 6. The van der Waals surface area contributed by atoms with E-state index < -0.39 is 6.10 Å². The summed E-state index contributed by atoms with van der Waals surface area (Å²) >= 11 is 0. The molecule has 0 saturated heterocycles. The second kappa shape index (κ2) is 7.81. The summed E-state index contributed by atoms with van der Waals surface area (Å²) in [7, 11) is 3.66. The van der Waals surface area contributed by atoms with E-state index in [9.17, 15) is 5.11 Å². The molecule has 1 fully saturated rings. The largest absolute Gasteiger partial charge is 0.497 e. The van der Waals surface area contributed by atoms with Crippen LogP contribution in [0, 0.1) is 0 Å². The van der Waals surface area contributed by atoms with E-state index >= 15 is 0 Å². The summed E-state index contributed by atoms with van der Waals surface area (Å²) in [4.78, 5) is 0. The van der Waals surface area contributed by atoms with Crippen LogP contribution in [0.1, 0.15) is 49.0 Å². The molecule has 130 valence electrons. The number of nitrogens with zero attached hydrogens (tertiary/aromatic N) is 2. The lowest BCUT2D eigenvalue weighted by atomic mass is 9.83. The van der Waals surface area contributed by atoms with Crippen molar-refractivity contribution in [2.45, 2.75) is 43.7 Å². The number of aliphatic hydroxyl groups is 1. The molecule has 2 aromatic rings. The first-order chi connectivity index (χ1) is 11.7. The van der Waals surface area contributed by atoms with Crippen molar-refractivity contribution in [2.24, 2.45) is 7.05 Å². The van der Waals surface area contributed by atoms with Crippen molar-refractivity contribution in [3.63, 3.8) is 0 Å². The molecule has 2 N–H and O–H groups in total. The van der Waals surface area contributed by atoms with Crippen LogP contribution < -0.4 is 10.1 Å². The van der Waals surface area contributed by atoms with Gasteiger partial charge >= 0.3 is 0 Å². The van der Waals surface area contributed by atoms with Gasteiger partial charge in [0.15, 0.2) is 0 Å². The van der Waals surface area contributed by atoms with Crippen LogP contribution in [0.2, 0.25) is 0 Å². The van der Waals surface area contributed by atoms with E-state index in [4.69, 9.17) is 4.74 Å². The van der Waals surface area contributed by atoms with Crippen LogP contribution in [-0.4, -0.2) is 34.6 Å². The van der Waals surface area contributed by atoms with Crippen LogP contribution in [-0.2, 0) is 7.05 Å². The van der Waals surface area contributed by atoms with Crippen molar-refractivity contribution >= 4 is 0 Å². The van der Waals surface area contributed by atoms with Gasteiger partial charge in [-0.3, -0.25) is 4.68 Å². The molecule has 0 aliphatic heterocycles. The lowest BCUT2D eigenvalue weighted by Crippen LogP contribution is -2.36. The molecule has 1 heterocycles. The summed E-state index contributed by atoms with van der Waals surface area (Å²) in [6.45, 7) is 0.565. The average molecular weight is 329 g/mol. The lowest BCUT2D eigenvalue weighted by molar-refractivity contribution is 0.163. The summed E-state index contributed by atoms with van der Waals surface area (Å²) in [5, 5.41) is 18.3. The van der Waals surface area contributed by atoms with Gasteiger partial charge in [0.25, 0.3) is 0 Å². The Bertz CT molecular complexity index is 656. The number of hydrogen-bond acceptors (Lipinski definition) is 4. The predicted molar refractivity (Wildman–Crippen MR) is 94.2 cm³/mol. The highest BCUT2D eigenvalue weighted by atomic mass is 16.5. The molecule has 5 heteroatoms. The Balaban J connectivity index is 1.55. The standard InChI is InChI=1S/C19H27N3O2/c1-22-18(9-10-21-22)14-5-3-7-16(11-14)20-13-19(23)15-6-4-8-17(12-15)24-2/h4,6,8-10,12,14,16,19-20,23H,3,5,7,11,13H2,1-2H3. The zero-order valence-electron chi connectivity index (χ0n) is 14.5. The molecule has 0 amide bonds. The van der Waals surface area contributed by atoms with Crippen LogP contribution in [0.25, 0.3) is 0 Å². The fourth-order valence-corrected chi connectivity index (χ4v) is 3.67. The Morgan fingerprint density at radius 2 is 2.25 bits per heavy atom. The minimum atomic E-state index is -0.517. The number of methoxy groups -OCH3 is 1. The van der Waals surface area contributed by atoms with Crippen molar-refractivity contribution in [1.82, 2.24) is 15.1 Å². The van der Waals surface area contributed by atoms with Crippen molar-refractivity contribution in [3.8, 4) is 5.75 Å². The SMILES string of the molecule is COc1cccc(C(O)CNC2CCCC(c3ccnn3C)C2)c1. The number of benzene rings is 1. The Labute approximate surface area is 143 Å². The molecule has 1 aromatic heterocycles. The first-order valence-corrected chi connectivity index (χ1v) is 8.70. The maximum absolute atomic E-state index is 10.4. The highest BCUT2D eigenvalue weighted by Crippen LogP contribution is 2.32. The zero-order valence-corrected chi connectivity index (χ0v) is 14.5. The second-order valence-corrected chi connectivity index (χ2v) is 6.64. The maximum Gasteiger partial charge on any atom is 0.119 e. The molecule has 1 saturated carbocycles. The van der Waals surface area contributed by atoms with Crippen LogP contribution in [0.5, 0.6) is 5.75 Å². The topological polar surface area (TPSA) is 59.3 Å². The molecule has 3 atom stereocenters. The van der Waals surface area contributed by atoms with Gasteiger partial charge in [0.2, 0.25) is 0 Å². The van der Waals surface area contributed by atoms with Crippen LogP contribution >= 0.6 is 0 Å². The van der Waals surface area contributed by atoms with Gasteiger partial charge in [0, 0.05) is 37.4 Å². The molecule has 1 aliphatic rings. The quantitative estimate of drug-likeness (QED) is 0.855. The number of aryl methyl sites for hydroxylation is 1. The van der Waals surface area contributed by atoms with Gasteiger partial charge in [-0.05, 0) is 43.0 Å². The van der Waals surface area contributed by atoms with Gasteiger partial charge in [-0.15, -0.1) is 0 Å². The fraction of sp³-hybridized carbons (Fsp3) is 0.526. The summed E-state index contributed by atoms with van der Waals surface area (Å²) in [6, 6.07) is 10.2. The van der Waals surface area contributed by atoms with E-state index in [1.165, 1.54) is 25.0 Å². The van der Waals surface area contributed by atoms with E-state index in [0.717, 1.165) is 17.7 Å². The maximum atomic E-state index is 10.4. The number of aromatic nitrogens is 2. The van der Waals surface area contributed by atoms with Gasteiger partial charge in [0.1, 0.15) is 5.75 Å². The lowest BCUT2D eigenvalue weighted by Gasteiger charge is -2.30. The molecular weight excluding hydrogens is 302 g/mol. The zero-order chi connectivity index (χ0) is 16.9. The third-order valence-corrected chi connectivity index (χ3v) is 5.03. The first-order valence-electron chi connectivity index (χ1n) is 8.70. The average Bonchev–Trinajstić information content (AvgIpc) is 3.06. The van der Waals surface area contributed by atoms with Crippen molar-refractivity contribution in [3.05, 3.63) is 47.8 Å². The van der Waals surface area contributed by atoms with E-state index in [1.54, 1.807) is 7.11 Å². The van der Waals surface area contributed by atoms with Gasteiger partial charge < -0.3 is 15.2 Å². The molecule has 0 spiro atoms. The smallest absolute Gasteiger partial charge is 0.119 e. The molecule has 3 unspecified atom stereocenters. The molecule has 0 radical (unpaired) electrons. The molecule has 1 aliphatic carbocycles. The number of nitrogens with one attached hydrogen (secondary N) is 1. The van der Waals surface area contributed by atoms with Gasteiger partial charge in [-0.25, -0.2) is 0 Å². The van der Waals surface area contributed by atoms with Gasteiger partial charge in [-0.2, -0.15) is 5.10 Å². The van der Waals surface area contributed by atoms with Crippen LogP contribution in [0.3, 0.4) is 0 Å². The first kappa shape index (κ1) is 17.0. The van der Waals surface area contributed by atoms with Crippen LogP contribution in [0.15, 0.2) is 36.5 Å². The second-order valence-electron chi connectivity index (χ2n) is 6.64. The Morgan fingerprint density at radius 1 is 1.38 bits per heavy atom. The Hall–Kier alpha value is -1.85. The fourth-order valence-electron chi connectivity index (χ4n) is 3.67. The monoisotopic (exact) mass is 329 g/mol. The van der Waals surface area contributed by atoms with E-state index in [0.29, 0.717) is 18.5 Å². The Kier molecular flexibility index (Phi) is 5.53. The van der Waals surface area contributed by atoms with Crippen LogP contribution in [0.4, 0.5) is 0 Å². The molecule has 0 bridgehead atoms. The summed E-state index contributed by atoms with van der Waals surface area (Å²) in [5.74, 6) is 1.33. The van der Waals surface area contributed by atoms with E-state index in [-0.39, 0.29) is 0 Å². The minimum Gasteiger partial charge on any atom is -0.497 e. The Morgan fingerprint density at radius 3 is 3.00 bits per heavy atom. The predicted octanol–water partition coefficient (Wildman–Crippen LogP) is 2.78. The number of hydrogen-bond donors (Lipinski definition) is 2.